The van der Waals surface area contributed by atoms with E-state index >= 15 is 0 Å². The number of aromatic nitrogens is 1. The monoisotopic (exact) mass is 345 g/mol. The van der Waals surface area contributed by atoms with Gasteiger partial charge in [0.15, 0.2) is 0 Å². The van der Waals surface area contributed by atoms with Gasteiger partial charge in [-0.1, -0.05) is 31.9 Å². The van der Waals surface area contributed by atoms with Crippen molar-refractivity contribution in [3.8, 4) is 0 Å². The van der Waals surface area contributed by atoms with Gasteiger partial charge in [-0.2, -0.15) is 0 Å². The van der Waals surface area contributed by atoms with Gasteiger partial charge < -0.3 is 10.6 Å². The van der Waals surface area contributed by atoms with Crippen LogP contribution in [0.2, 0.25) is 5.02 Å². The van der Waals surface area contributed by atoms with Crippen LogP contribution in [0.5, 0.6) is 0 Å². The van der Waals surface area contributed by atoms with Gasteiger partial charge in [0.1, 0.15) is 6.04 Å². The number of hydrogen-bond donors (Lipinski definition) is 2. The molecule has 0 bridgehead atoms. The fourth-order valence-electron chi connectivity index (χ4n) is 2.18. The van der Waals surface area contributed by atoms with E-state index < -0.39 is 6.04 Å². The lowest BCUT2D eigenvalue weighted by atomic mass is 9.97. The normalized spacial score (nSPS) is 13.0. The standard InChI is InChI=1S/C18H20ClN3O2/c1-3-12(2)16(18(24)21-15-8-10-20-11-9-15)22-17(23)13-4-6-14(19)7-5-13/h4-12,16H,3H2,1-2H3,(H,22,23)(H,20,21,24). The van der Waals surface area contributed by atoms with Gasteiger partial charge in [0.05, 0.1) is 0 Å². The maximum atomic E-state index is 12.6. The second kappa shape index (κ2) is 8.45. The lowest BCUT2D eigenvalue weighted by molar-refractivity contribution is -0.119. The second-order valence-corrected chi connectivity index (χ2v) is 6.01. The molecule has 1 aromatic carbocycles. The molecule has 2 unspecified atom stereocenters. The molecular weight excluding hydrogens is 326 g/mol. The Bertz CT molecular complexity index is 689. The van der Waals surface area contributed by atoms with Crippen LogP contribution in [0.1, 0.15) is 30.6 Å². The van der Waals surface area contributed by atoms with Crippen LogP contribution in [0.3, 0.4) is 0 Å². The Morgan fingerprint density at radius 3 is 2.33 bits per heavy atom. The number of benzene rings is 1. The zero-order chi connectivity index (χ0) is 17.5. The minimum Gasteiger partial charge on any atom is -0.340 e. The van der Waals surface area contributed by atoms with Gasteiger partial charge in [-0.3, -0.25) is 14.6 Å². The molecule has 2 rings (SSSR count). The van der Waals surface area contributed by atoms with Crippen LogP contribution in [0.4, 0.5) is 5.69 Å². The van der Waals surface area contributed by atoms with Crippen molar-refractivity contribution in [2.24, 2.45) is 5.92 Å². The Kier molecular flexibility index (Phi) is 6.32. The maximum absolute atomic E-state index is 12.6. The first-order valence-electron chi connectivity index (χ1n) is 7.78. The first-order chi connectivity index (χ1) is 11.5. The molecule has 2 N–H and O–H groups in total. The van der Waals surface area contributed by atoms with Crippen molar-refractivity contribution < 1.29 is 9.59 Å². The number of carbonyl (C=O) groups excluding carboxylic acids is 2. The molecule has 0 fully saturated rings. The molecule has 126 valence electrons. The largest absolute Gasteiger partial charge is 0.340 e. The van der Waals surface area contributed by atoms with Crippen LogP contribution in [0.25, 0.3) is 0 Å². The highest BCUT2D eigenvalue weighted by Gasteiger charge is 2.26. The topological polar surface area (TPSA) is 71.1 Å². The minimum absolute atomic E-state index is 0.0110. The van der Waals surface area contributed by atoms with Crippen LogP contribution in [0.15, 0.2) is 48.8 Å². The summed E-state index contributed by atoms with van der Waals surface area (Å²) in [5, 5.41) is 6.18. The molecule has 0 radical (unpaired) electrons. The van der Waals surface area contributed by atoms with Gasteiger partial charge in [-0.25, -0.2) is 0 Å². The molecule has 0 saturated carbocycles. The Balaban J connectivity index is 2.11. The molecule has 1 heterocycles. The van der Waals surface area contributed by atoms with E-state index in [2.05, 4.69) is 15.6 Å². The van der Waals surface area contributed by atoms with Gasteiger partial charge in [0, 0.05) is 28.7 Å². The third-order valence-electron chi connectivity index (χ3n) is 3.84. The molecule has 2 aromatic rings. The van der Waals surface area contributed by atoms with Crippen LogP contribution in [-0.4, -0.2) is 22.8 Å². The highest BCUT2D eigenvalue weighted by molar-refractivity contribution is 6.30. The average Bonchev–Trinajstić information content (AvgIpc) is 2.60. The number of pyridine rings is 1. The number of carbonyl (C=O) groups is 2. The van der Waals surface area contributed by atoms with Crippen molar-refractivity contribution in [2.45, 2.75) is 26.3 Å². The molecule has 0 aliphatic carbocycles. The van der Waals surface area contributed by atoms with E-state index in [-0.39, 0.29) is 17.7 Å². The van der Waals surface area contributed by atoms with Crippen molar-refractivity contribution in [2.75, 3.05) is 5.32 Å². The number of rotatable bonds is 6. The average molecular weight is 346 g/mol. The maximum Gasteiger partial charge on any atom is 0.251 e. The molecule has 2 amide bonds. The fourth-order valence-corrected chi connectivity index (χ4v) is 2.31. The summed E-state index contributed by atoms with van der Waals surface area (Å²) in [5.74, 6) is -0.567. The Hall–Kier alpha value is -2.40. The van der Waals surface area contributed by atoms with Crippen molar-refractivity contribution in [1.29, 1.82) is 0 Å². The smallest absolute Gasteiger partial charge is 0.251 e. The highest BCUT2D eigenvalue weighted by atomic mass is 35.5. The third kappa shape index (κ3) is 4.80. The van der Waals surface area contributed by atoms with E-state index in [4.69, 9.17) is 11.6 Å². The minimum atomic E-state index is -0.633. The van der Waals surface area contributed by atoms with Crippen molar-refractivity contribution in [3.63, 3.8) is 0 Å². The molecule has 2 atom stereocenters. The molecule has 0 aliphatic rings. The Morgan fingerprint density at radius 2 is 1.75 bits per heavy atom. The van der Waals surface area contributed by atoms with Gasteiger partial charge >= 0.3 is 0 Å². The van der Waals surface area contributed by atoms with E-state index in [0.717, 1.165) is 6.42 Å². The molecule has 24 heavy (non-hydrogen) atoms. The Morgan fingerprint density at radius 1 is 1.12 bits per heavy atom. The lowest BCUT2D eigenvalue weighted by Gasteiger charge is -2.23. The summed E-state index contributed by atoms with van der Waals surface area (Å²) in [6, 6.07) is 9.32. The summed E-state index contributed by atoms with van der Waals surface area (Å²) in [6.45, 7) is 3.91. The highest BCUT2D eigenvalue weighted by Crippen LogP contribution is 2.14. The summed E-state index contributed by atoms with van der Waals surface area (Å²) in [5.41, 5.74) is 1.11. The molecule has 0 aliphatic heterocycles. The zero-order valence-electron chi connectivity index (χ0n) is 13.6. The van der Waals surface area contributed by atoms with E-state index in [0.29, 0.717) is 16.3 Å². The molecule has 1 aromatic heterocycles. The van der Waals surface area contributed by atoms with E-state index in [1.54, 1.807) is 48.8 Å². The first kappa shape index (κ1) is 17.9. The molecule has 6 heteroatoms. The van der Waals surface area contributed by atoms with Gasteiger partial charge in [0.25, 0.3) is 5.91 Å². The van der Waals surface area contributed by atoms with Crippen LogP contribution in [0, 0.1) is 5.92 Å². The van der Waals surface area contributed by atoms with E-state index in [1.807, 2.05) is 13.8 Å². The zero-order valence-corrected chi connectivity index (χ0v) is 14.4. The summed E-state index contributed by atoms with van der Waals surface area (Å²) in [4.78, 5) is 28.9. The Labute approximate surface area is 146 Å². The molecule has 0 saturated heterocycles. The number of halogens is 1. The summed E-state index contributed by atoms with van der Waals surface area (Å²) < 4.78 is 0. The van der Waals surface area contributed by atoms with E-state index in [9.17, 15) is 9.59 Å². The van der Waals surface area contributed by atoms with Crippen LogP contribution in [-0.2, 0) is 4.79 Å². The van der Waals surface area contributed by atoms with Crippen molar-refractivity contribution >= 4 is 29.1 Å². The van der Waals surface area contributed by atoms with Crippen molar-refractivity contribution in [1.82, 2.24) is 10.3 Å². The first-order valence-corrected chi connectivity index (χ1v) is 8.16. The summed E-state index contributed by atoms with van der Waals surface area (Å²) in [7, 11) is 0. The molecular formula is C18H20ClN3O2. The van der Waals surface area contributed by atoms with Gasteiger partial charge in [-0.15, -0.1) is 0 Å². The predicted octanol–water partition coefficient (Wildman–Crippen LogP) is 3.52. The lowest BCUT2D eigenvalue weighted by Crippen LogP contribution is -2.47. The number of nitrogens with zero attached hydrogens (tertiary/aromatic N) is 1. The van der Waals surface area contributed by atoms with E-state index in [1.165, 1.54) is 0 Å². The van der Waals surface area contributed by atoms with Gasteiger partial charge in [-0.05, 0) is 42.3 Å². The fraction of sp³-hybridized carbons (Fsp3) is 0.278. The quantitative estimate of drug-likeness (QED) is 0.841. The summed E-state index contributed by atoms with van der Waals surface area (Å²) in [6.07, 6.45) is 3.95. The number of amides is 2. The molecule has 0 spiro atoms. The predicted molar refractivity (Wildman–Crippen MR) is 95.0 cm³/mol. The third-order valence-corrected chi connectivity index (χ3v) is 4.09. The van der Waals surface area contributed by atoms with Crippen molar-refractivity contribution in [3.05, 3.63) is 59.4 Å². The SMILES string of the molecule is CCC(C)C(NC(=O)c1ccc(Cl)cc1)C(=O)Nc1ccncc1. The molecule has 5 nitrogen and oxygen atoms in total. The second-order valence-electron chi connectivity index (χ2n) is 5.57. The van der Waals surface area contributed by atoms with Crippen LogP contribution >= 0.6 is 11.6 Å². The van der Waals surface area contributed by atoms with Gasteiger partial charge in [0.2, 0.25) is 5.91 Å². The summed E-state index contributed by atoms with van der Waals surface area (Å²) >= 11 is 5.83. The van der Waals surface area contributed by atoms with Crippen LogP contribution < -0.4 is 10.6 Å². The number of hydrogen-bond acceptors (Lipinski definition) is 3. The number of anilines is 1. The number of nitrogens with one attached hydrogen (secondary N) is 2.